The van der Waals surface area contributed by atoms with Crippen LogP contribution in [0.4, 0.5) is 5.69 Å². The lowest BCUT2D eigenvalue weighted by atomic mass is 10.2. The van der Waals surface area contributed by atoms with Crippen LogP contribution in [-0.2, 0) is 0 Å². The van der Waals surface area contributed by atoms with E-state index in [0.29, 0.717) is 0 Å². The fourth-order valence-electron chi connectivity index (χ4n) is 1.43. The molecule has 0 aliphatic heterocycles. The Bertz CT molecular complexity index is 323. The normalized spacial score (nSPS) is 15.6. The maximum Gasteiger partial charge on any atom is 0.0549 e. The summed E-state index contributed by atoms with van der Waals surface area (Å²) >= 11 is 9.31. The highest BCUT2D eigenvalue weighted by atomic mass is 79.9. The van der Waals surface area contributed by atoms with Crippen LogP contribution in [0, 0.1) is 5.92 Å². The van der Waals surface area contributed by atoms with E-state index >= 15 is 0 Å². The molecule has 0 radical (unpaired) electrons. The van der Waals surface area contributed by atoms with Gasteiger partial charge >= 0.3 is 0 Å². The summed E-state index contributed by atoms with van der Waals surface area (Å²) in [5.41, 5.74) is 1.14. The van der Waals surface area contributed by atoms with Crippen molar-refractivity contribution in [3.8, 4) is 0 Å². The minimum absolute atomic E-state index is 0.762. The van der Waals surface area contributed by atoms with E-state index in [9.17, 15) is 0 Å². The predicted octanol–water partition coefficient (Wildman–Crippen LogP) is 4.31. The molecule has 1 aliphatic carbocycles. The SMILES string of the molecule is Clc1ccc(NCCC2CC2)cc1Br. The van der Waals surface area contributed by atoms with Gasteiger partial charge in [-0.15, -0.1) is 0 Å². The molecule has 76 valence electrons. The standard InChI is InChI=1S/C11H13BrClN/c12-10-7-9(3-4-11(10)13)14-6-5-8-1-2-8/h3-4,7-8,14H,1-2,5-6H2. The van der Waals surface area contributed by atoms with Crippen molar-refractivity contribution in [2.75, 3.05) is 11.9 Å². The average molecular weight is 275 g/mol. The number of benzene rings is 1. The Morgan fingerprint density at radius 2 is 2.21 bits per heavy atom. The van der Waals surface area contributed by atoms with Gasteiger partial charge in [0, 0.05) is 16.7 Å². The van der Waals surface area contributed by atoms with Crippen molar-refractivity contribution < 1.29 is 0 Å². The molecule has 1 aromatic rings. The summed E-state index contributed by atoms with van der Waals surface area (Å²) in [7, 11) is 0. The zero-order valence-corrected chi connectivity index (χ0v) is 10.2. The number of hydrogen-bond acceptors (Lipinski definition) is 1. The van der Waals surface area contributed by atoms with Crippen molar-refractivity contribution >= 4 is 33.2 Å². The molecule has 0 atom stereocenters. The van der Waals surface area contributed by atoms with Crippen LogP contribution >= 0.6 is 27.5 Å². The molecule has 1 nitrogen and oxygen atoms in total. The van der Waals surface area contributed by atoms with Crippen LogP contribution in [0.25, 0.3) is 0 Å². The molecule has 1 N–H and O–H groups in total. The van der Waals surface area contributed by atoms with E-state index in [0.717, 1.165) is 27.6 Å². The Kier molecular flexibility index (Phi) is 3.34. The first kappa shape index (κ1) is 10.3. The maximum atomic E-state index is 5.90. The molecule has 0 unspecified atom stereocenters. The van der Waals surface area contributed by atoms with Gasteiger partial charge in [-0.3, -0.25) is 0 Å². The van der Waals surface area contributed by atoms with Gasteiger partial charge in [0.2, 0.25) is 0 Å². The monoisotopic (exact) mass is 273 g/mol. The van der Waals surface area contributed by atoms with E-state index in [1.807, 2.05) is 18.2 Å². The summed E-state index contributed by atoms with van der Waals surface area (Å²) in [5.74, 6) is 0.984. The van der Waals surface area contributed by atoms with E-state index in [4.69, 9.17) is 11.6 Å². The highest BCUT2D eigenvalue weighted by Crippen LogP contribution is 2.32. The van der Waals surface area contributed by atoms with Gasteiger partial charge in [0.1, 0.15) is 0 Å². The molecule has 0 amide bonds. The quantitative estimate of drug-likeness (QED) is 0.862. The number of nitrogens with one attached hydrogen (secondary N) is 1. The van der Waals surface area contributed by atoms with Crippen molar-refractivity contribution in [2.24, 2.45) is 5.92 Å². The summed E-state index contributed by atoms with van der Waals surface area (Å²) in [6.07, 6.45) is 4.14. The molecule has 0 bridgehead atoms. The number of anilines is 1. The highest BCUT2D eigenvalue weighted by Gasteiger charge is 2.19. The Morgan fingerprint density at radius 3 is 2.86 bits per heavy atom. The first-order valence-corrected chi connectivity index (χ1v) is 6.12. The third-order valence-electron chi connectivity index (χ3n) is 2.50. The lowest BCUT2D eigenvalue weighted by Crippen LogP contribution is -2.01. The van der Waals surface area contributed by atoms with Crippen molar-refractivity contribution in [1.29, 1.82) is 0 Å². The molecule has 3 heteroatoms. The van der Waals surface area contributed by atoms with E-state index in [1.54, 1.807) is 0 Å². The van der Waals surface area contributed by atoms with Gasteiger partial charge in [-0.1, -0.05) is 24.4 Å². The zero-order valence-electron chi connectivity index (χ0n) is 7.89. The molecule has 0 saturated heterocycles. The van der Waals surface area contributed by atoms with E-state index in [2.05, 4.69) is 21.2 Å². The molecular weight excluding hydrogens is 261 g/mol. The molecular formula is C11H13BrClN. The second-order valence-electron chi connectivity index (χ2n) is 3.79. The lowest BCUT2D eigenvalue weighted by molar-refractivity contribution is 0.760. The average Bonchev–Trinajstić information content (AvgIpc) is 2.95. The summed E-state index contributed by atoms with van der Waals surface area (Å²) < 4.78 is 0.954. The molecule has 1 saturated carbocycles. The largest absolute Gasteiger partial charge is 0.385 e. The summed E-state index contributed by atoms with van der Waals surface area (Å²) in [5, 5.41) is 4.16. The number of hydrogen-bond donors (Lipinski definition) is 1. The first-order chi connectivity index (χ1) is 6.75. The Hall–Kier alpha value is -0.210. The predicted molar refractivity (Wildman–Crippen MR) is 65.0 cm³/mol. The fraction of sp³-hybridized carbons (Fsp3) is 0.455. The number of halogens is 2. The summed E-state index contributed by atoms with van der Waals surface area (Å²) in [6, 6.07) is 5.94. The van der Waals surface area contributed by atoms with Crippen molar-refractivity contribution in [2.45, 2.75) is 19.3 Å². The number of rotatable bonds is 4. The lowest BCUT2D eigenvalue weighted by Gasteiger charge is -2.06. The third kappa shape index (κ3) is 2.89. The van der Waals surface area contributed by atoms with Crippen molar-refractivity contribution in [3.63, 3.8) is 0 Å². The second-order valence-corrected chi connectivity index (χ2v) is 5.05. The van der Waals surface area contributed by atoms with Gasteiger partial charge in [0.15, 0.2) is 0 Å². The Labute approximate surface area is 98.0 Å². The maximum absolute atomic E-state index is 5.90. The van der Waals surface area contributed by atoms with Crippen LogP contribution in [0.15, 0.2) is 22.7 Å². The minimum atomic E-state index is 0.762. The van der Waals surface area contributed by atoms with Crippen LogP contribution in [0.3, 0.4) is 0 Å². The van der Waals surface area contributed by atoms with Gasteiger partial charge in [-0.2, -0.15) is 0 Å². The topological polar surface area (TPSA) is 12.0 Å². The zero-order chi connectivity index (χ0) is 9.97. The van der Waals surface area contributed by atoms with Crippen LogP contribution < -0.4 is 5.32 Å². The molecule has 14 heavy (non-hydrogen) atoms. The van der Waals surface area contributed by atoms with E-state index < -0.39 is 0 Å². The van der Waals surface area contributed by atoms with Crippen LogP contribution in [0.5, 0.6) is 0 Å². The molecule has 0 heterocycles. The van der Waals surface area contributed by atoms with E-state index in [-0.39, 0.29) is 0 Å². The van der Waals surface area contributed by atoms with Crippen molar-refractivity contribution in [3.05, 3.63) is 27.7 Å². The van der Waals surface area contributed by atoms with Gasteiger partial charge < -0.3 is 5.32 Å². The molecule has 2 rings (SSSR count). The highest BCUT2D eigenvalue weighted by molar-refractivity contribution is 9.10. The first-order valence-electron chi connectivity index (χ1n) is 4.94. The van der Waals surface area contributed by atoms with Gasteiger partial charge in [-0.05, 0) is 46.5 Å². The minimum Gasteiger partial charge on any atom is -0.385 e. The van der Waals surface area contributed by atoms with Gasteiger partial charge in [0.25, 0.3) is 0 Å². The van der Waals surface area contributed by atoms with Gasteiger partial charge in [0.05, 0.1) is 5.02 Å². The fourth-order valence-corrected chi connectivity index (χ4v) is 1.93. The second kappa shape index (κ2) is 4.54. The third-order valence-corrected chi connectivity index (χ3v) is 3.71. The Balaban J connectivity index is 1.85. The summed E-state index contributed by atoms with van der Waals surface area (Å²) in [6.45, 7) is 1.07. The smallest absolute Gasteiger partial charge is 0.0549 e. The molecule has 0 aromatic heterocycles. The molecule has 1 aromatic carbocycles. The van der Waals surface area contributed by atoms with Crippen LogP contribution in [0.2, 0.25) is 5.02 Å². The van der Waals surface area contributed by atoms with Crippen LogP contribution in [-0.4, -0.2) is 6.54 Å². The van der Waals surface area contributed by atoms with Crippen LogP contribution in [0.1, 0.15) is 19.3 Å². The molecule has 0 spiro atoms. The van der Waals surface area contributed by atoms with Crippen molar-refractivity contribution in [1.82, 2.24) is 0 Å². The molecule has 1 fully saturated rings. The molecule has 1 aliphatic rings. The Morgan fingerprint density at radius 1 is 1.43 bits per heavy atom. The summed E-state index contributed by atoms with van der Waals surface area (Å²) in [4.78, 5) is 0. The van der Waals surface area contributed by atoms with E-state index in [1.165, 1.54) is 19.3 Å². The van der Waals surface area contributed by atoms with Gasteiger partial charge in [-0.25, -0.2) is 0 Å².